The highest BCUT2D eigenvalue weighted by molar-refractivity contribution is 7.89. The molecule has 0 unspecified atom stereocenters. The van der Waals surface area contributed by atoms with Gasteiger partial charge in [0, 0.05) is 31.7 Å². The van der Waals surface area contributed by atoms with Crippen molar-refractivity contribution in [3.63, 3.8) is 0 Å². The van der Waals surface area contributed by atoms with Crippen molar-refractivity contribution in [3.05, 3.63) is 102 Å². The van der Waals surface area contributed by atoms with E-state index in [1.165, 1.54) is 4.31 Å². The fourth-order valence-corrected chi connectivity index (χ4v) is 4.84. The zero-order valence-corrected chi connectivity index (χ0v) is 18.8. The Morgan fingerprint density at radius 2 is 1.26 bits per heavy atom. The quantitative estimate of drug-likeness (QED) is 0.494. The van der Waals surface area contributed by atoms with Gasteiger partial charge in [0.2, 0.25) is 10.0 Å². The lowest BCUT2D eigenvalue weighted by Crippen LogP contribution is -2.31. The van der Waals surface area contributed by atoms with Gasteiger partial charge in [-0.1, -0.05) is 67.6 Å². The molecule has 0 aromatic heterocycles. The van der Waals surface area contributed by atoms with Gasteiger partial charge in [-0.05, 0) is 42.3 Å². The molecule has 0 fully saturated rings. The summed E-state index contributed by atoms with van der Waals surface area (Å²) in [5.74, 6) is -0.0397. The van der Waals surface area contributed by atoms with Crippen LogP contribution in [0.1, 0.15) is 35.3 Å². The first-order valence-corrected chi connectivity index (χ1v) is 11.9. The summed E-state index contributed by atoms with van der Waals surface area (Å²) in [6.45, 7) is 5.55. The molecule has 0 spiro atoms. The Morgan fingerprint density at radius 3 is 1.81 bits per heavy atom. The summed E-state index contributed by atoms with van der Waals surface area (Å²) < 4.78 is 27.3. The van der Waals surface area contributed by atoms with E-state index in [2.05, 4.69) is 0 Å². The molecule has 0 bridgehead atoms. The third-order valence-electron chi connectivity index (χ3n) is 5.18. The first kappa shape index (κ1) is 22.7. The van der Waals surface area contributed by atoms with Gasteiger partial charge in [0.1, 0.15) is 0 Å². The van der Waals surface area contributed by atoms with E-state index in [1.807, 2.05) is 56.3 Å². The number of hydrogen-bond donors (Lipinski definition) is 0. The fourth-order valence-electron chi connectivity index (χ4n) is 3.38. The molecule has 0 aliphatic heterocycles. The van der Waals surface area contributed by atoms with Crippen LogP contribution in [0.25, 0.3) is 0 Å². The van der Waals surface area contributed by atoms with Crippen molar-refractivity contribution in [1.29, 1.82) is 0 Å². The minimum atomic E-state index is -3.57. The maximum Gasteiger partial charge on any atom is 0.254 e. The monoisotopic (exact) mass is 436 g/mol. The molecule has 0 saturated carbocycles. The number of carbonyl (C=O) groups is 1. The van der Waals surface area contributed by atoms with E-state index in [-0.39, 0.29) is 17.3 Å². The van der Waals surface area contributed by atoms with Crippen molar-refractivity contribution < 1.29 is 13.2 Å². The van der Waals surface area contributed by atoms with Crippen LogP contribution < -0.4 is 0 Å². The maximum absolute atomic E-state index is 12.9. The molecule has 0 radical (unpaired) electrons. The van der Waals surface area contributed by atoms with E-state index in [9.17, 15) is 13.2 Å². The van der Waals surface area contributed by atoms with Crippen molar-refractivity contribution in [3.8, 4) is 0 Å². The van der Waals surface area contributed by atoms with Gasteiger partial charge in [-0.2, -0.15) is 4.31 Å². The lowest BCUT2D eigenvalue weighted by Gasteiger charge is -2.22. The van der Waals surface area contributed by atoms with Gasteiger partial charge in [0.25, 0.3) is 5.91 Å². The summed E-state index contributed by atoms with van der Waals surface area (Å²) >= 11 is 0. The first-order chi connectivity index (χ1) is 15.0. The van der Waals surface area contributed by atoms with Crippen molar-refractivity contribution in [1.82, 2.24) is 9.21 Å². The van der Waals surface area contributed by atoms with E-state index in [4.69, 9.17) is 0 Å². The minimum absolute atomic E-state index is 0.0397. The van der Waals surface area contributed by atoms with Gasteiger partial charge in [-0.25, -0.2) is 8.42 Å². The third-order valence-corrected chi connectivity index (χ3v) is 7.11. The second-order valence-electron chi connectivity index (χ2n) is 7.25. The summed E-state index contributed by atoms with van der Waals surface area (Å²) in [4.78, 5) is 15.0. The normalized spacial score (nSPS) is 11.5. The van der Waals surface area contributed by atoms with Gasteiger partial charge in [-0.15, -0.1) is 0 Å². The van der Waals surface area contributed by atoms with Gasteiger partial charge in [0.15, 0.2) is 0 Å². The molecular weight excluding hydrogens is 408 g/mol. The zero-order valence-electron chi connectivity index (χ0n) is 17.9. The maximum atomic E-state index is 12.9. The highest BCUT2D eigenvalue weighted by atomic mass is 32.2. The number of rotatable bonds is 9. The molecule has 0 heterocycles. The van der Waals surface area contributed by atoms with E-state index in [0.29, 0.717) is 25.2 Å². The van der Waals surface area contributed by atoms with Crippen LogP contribution in [0.2, 0.25) is 0 Å². The molecule has 5 nitrogen and oxygen atoms in total. The van der Waals surface area contributed by atoms with E-state index < -0.39 is 10.0 Å². The van der Waals surface area contributed by atoms with Crippen molar-refractivity contribution in [2.45, 2.75) is 31.8 Å². The fraction of sp³-hybridized carbons (Fsp3) is 0.240. The van der Waals surface area contributed by atoms with Gasteiger partial charge >= 0.3 is 0 Å². The highest BCUT2D eigenvalue weighted by Gasteiger charge is 2.23. The average molecular weight is 437 g/mol. The Labute approximate surface area is 185 Å². The lowest BCUT2D eigenvalue weighted by atomic mass is 10.1. The summed E-state index contributed by atoms with van der Waals surface area (Å²) in [5, 5.41) is 0. The van der Waals surface area contributed by atoms with Gasteiger partial charge < -0.3 is 4.90 Å². The first-order valence-electron chi connectivity index (χ1n) is 10.4. The molecule has 0 N–H and O–H groups in total. The van der Waals surface area contributed by atoms with Crippen LogP contribution in [-0.4, -0.2) is 36.6 Å². The number of nitrogens with zero attached hydrogens (tertiary/aromatic N) is 2. The van der Waals surface area contributed by atoms with Gasteiger partial charge in [0.05, 0.1) is 4.90 Å². The van der Waals surface area contributed by atoms with Crippen LogP contribution in [0.4, 0.5) is 0 Å². The van der Waals surface area contributed by atoms with Crippen LogP contribution in [0.5, 0.6) is 0 Å². The highest BCUT2D eigenvalue weighted by Crippen LogP contribution is 2.19. The summed E-state index contributed by atoms with van der Waals surface area (Å²) in [7, 11) is -3.57. The van der Waals surface area contributed by atoms with Crippen molar-refractivity contribution in [2.24, 2.45) is 0 Å². The SMILES string of the molecule is CCN(Cc1ccccc1)C(=O)c1ccc(CN(CC)S(=O)(=O)c2ccccc2)cc1. The smallest absolute Gasteiger partial charge is 0.254 e. The number of amides is 1. The molecule has 1 amide bonds. The van der Waals surface area contributed by atoms with E-state index in [0.717, 1.165) is 11.1 Å². The number of hydrogen-bond acceptors (Lipinski definition) is 3. The Balaban J connectivity index is 1.72. The Hall–Kier alpha value is -2.96. The predicted octanol–water partition coefficient (Wildman–Crippen LogP) is 4.56. The topological polar surface area (TPSA) is 57.7 Å². The predicted molar refractivity (Wildman–Crippen MR) is 123 cm³/mol. The number of benzene rings is 3. The molecule has 0 atom stereocenters. The Morgan fingerprint density at radius 1 is 0.710 bits per heavy atom. The van der Waals surface area contributed by atoms with Crippen molar-refractivity contribution >= 4 is 15.9 Å². The van der Waals surface area contributed by atoms with Crippen LogP contribution in [0.15, 0.2) is 89.8 Å². The second kappa shape index (κ2) is 10.4. The molecule has 3 aromatic rings. The molecule has 0 saturated heterocycles. The number of carbonyl (C=O) groups excluding carboxylic acids is 1. The average Bonchev–Trinajstić information content (AvgIpc) is 2.82. The lowest BCUT2D eigenvalue weighted by molar-refractivity contribution is 0.0752. The largest absolute Gasteiger partial charge is 0.335 e. The molecule has 31 heavy (non-hydrogen) atoms. The molecule has 0 aliphatic rings. The summed E-state index contributed by atoms with van der Waals surface area (Å²) in [6.07, 6.45) is 0. The second-order valence-corrected chi connectivity index (χ2v) is 9.18. The van der Waals surface area contributed by atoms with Gasteiger partial charge in [-0.3, -0.25) is 4.79 Å². The van der Waals surface area contributed by atoms with Crippen LogP contribution >= 0.6 is 0 Å². The molecule has 6 heteroatoms. The van der Waals surface area contributed by atoms with Crippen LogP contribution in [-0.2, 0) is 23.1 Å². The standard InChI is InChI=1S/C25H28N2O3S/c1-3-26(19-21-11-7-5-8-12-21)25(28)23-17-15-22(16-18-23)20-27(4-2)31(29,30)24-13-9-6-10-14-24/h5-18H,3-4,19-20H2,1-2H3. The van der Waals surface area contributed by atoms with Crippen LogP contribution in [0, 0.1) is 0 Å². The third kappa shape index (κ3) is 5.60. The van der Waals surface area contributed by atoms with Crippen molar-refractivity contribution in [2.75, 3.05) is 13.1 Å². The molecule has 3 aromatic carbocycles. The van der Waals surface area contributed by atoms with Crippen LogP contribution in [0.3, 0.4) is 0 Å². The van der Waals surface area contributed by atoms with E-state index >= 15 is 0 Å². The Kier molecular flexibility index (Phi) is 7.60. The molecule has 3 rings (SSSR count). The Bertz CT molecular complexity index is 1080. The molecule has 162 valence electrons. The molecule has 0 aliphatic carbocycles. The van der Waals surface area contributed by atoms with E-state index in [1.54, 1.807) is 47.4 Å². The number of sulfonamides is 1. The summed E-state index contributed by atoms with van der Waals surface area (Å²) in [5.41, 5.74) is 2.51. The zero-order chi connectivity index (χ0) is 22.3. The summed E-state index contributed by atoms with van der Waals surface area (Å²) in [6, 6.07) is 25.5. The molecular formula is C25H28N2O3S. The minimum Gasteiger partial charge on any atom is -0.335 e.